The second-order valence-electron chi connectivity index (χ2n) is 4.22. The molecule has 1 unspecified atom stereocenters. The summed E-state index contributed by atoms with van der Waals surface area (Å²) in [6, 6.07) is 3.69. The molecule has 0 bridgehead atoms. The Kier molecular flexibility index (Phi) is 5.56. The lowest BCUT2D eigenvalue weighted by atomic mass is 10.2. The Hall–Kier alpha value is -2.26. The minimum Gasteiger partial charge on any atom is -0.480 e. The lowest BCUT2D eigenvalue weighted by Gasteiger charge is -2.13. The van der Waals surface area contributed by atoms with Gasteiger partial charge in [0.15, 0.2) is 0 Å². The Morgan fingerprint density at radius 3 is 2.43 bits per heavy atom. The average molecular weight is 314 g/mol. The number of sulfonamides is 1. The summed E-state index contributed by atoms with van der Waals surface area (Å²) in [4.78, 5) is 20.8. The van der Waals surface area contributed by atoms with E-state index in [1.54, 1.807) is 0 Å². The first-order chi connectivity index (χ1) is 9.75. The number of aliphatic carboxylic acids is 1. The number of nitrogens with zero attached hydrogens (tertiary/aromatic N) is 1. The SMILES string of the molecule is C=CCC(NS(=O)(=O)Cc1ccc([N+](=O)[O-])cc1)C(=O)O. The molecule has 0 aliphatic rings. The summed E-state index contributed by atoms with van der Waals surface area (Å²) in [6.07, 6.45) is 1.25. The molecule has 0 fully saturated rings. The number of benzene rings is 1. The number of nitro benzene ring substituents is 1. The number of hydrogen-bond donors (Lipinski definition) is 2. The molecule has 0 aromatic heterocycles. The van der Waals surface area contributed by atoms with E-state index in [1.807, 2.05) is 4.72 Å². The first-order valence-electron chi connectivity index (χ1n) is 5.82. The Morgan fingerprint density at radius 1 is 1.43 bits per heavy atom. The molecule has 0 radical (unpaired) electrons. The van der Waals surface area contributed by atoms with Gasteiger partial charge in [0.2, 0.25) is 10.0 Å². The molecule has 8 nitrogen and oxygen atoms in total. The molecule has 0 amide bonds. The minimum atomic E-state index is -3.88. The van der Waals surface area contributed by atoms with Crippen LogP contribution in [0.5, 0.6) is 0 Å². The number of nitro groups is 1. The fourth-order valence-corrected chi connectivity index (χ4v) is 2.90. The van der Waals surface area contributed by atoms with E-state index in [0.717, 1.165) is 0 Å². The van der Waals surface area contributed by atoms with Crippen molar-refractivity contribution in [2.75, 3.05) is 0 Å². The highest BCUT2D eigenvalue weighted by Crippen LogP contribution is 2.14. The highest BCUT2D eigenvalue weighted by atomic mass is 32.2. The number of nitrogens with one attached hydrogen (secondary N) is 1. The maximum absolute atomic E-state index is 11.9. The predicted molar refractivity (Wildman–Crippen MR) is 75.1 cm³/mol. The predicted octanol–water partition coefficient (Wildman–Crippen LogP) is 1.04. The van der Waals surface area contributed by atoms with Crippen LogP contribution in [0, 0.1) is 10.1 Å². The first kappa shape index (κ1) is 16.8. The molecule has 0 saturated heterocycles. The Morgan fingerprint density at radius 2 is 2.00 bits per heavy atom. The monoisotopic (exact) mass is 314 g/mol. The normalized spacial score (nSPS) is 12.6. The summed E-state index contributed by atoms with van der Waals surface area (Å²) in [7, 11) is -3.88. The lowest BCUT2D eigenvalue weighted by Crippen LogP contribution is -2.40. The number of hydrogen-bond acceptors (Lipinski definition) is 5. The number of carboxylic acid groups (broad SMARTS) is 1. The van der Waals surface area contributed by atoms with Gasteiger partial charge < -0.3 is 5.11 Å². The zero-order valence-electron chi connectivity index (χ0n) is 10.9. The van der Waals surface area contributed by atoms with E-state index in [9.17, 15) is 23.3 Å². The van der Waals surface area contributed by atoms with Crippen LogP contribution in [0.25, 0.3) is 0 Å². The molecule has 114 valence electrons. The fraction of sp³-hybridized carbons (Fsp3) is 0.250. The van der Waals surface area contributed by atoms with Crippen LogP contribution < -0.4 is 4.72 Å². The molecule has 1 atom stereocenters. The topological polar surface area (TPSA) is 127 Å². The van der Waals surface area contributed by atoms with Crippen molar-refractivity contribution in [2.45, 2.75) is 18.2 Å². The third kappa shape index (κ3) is 5.32. The fourth-order valence-electron chi connectivity index (χ4n) is 1.56. The highest BCUT2D eigenvalue weighted by Gasteiger charge is 2.23. The standard InChI is InChI=1S/C12H14N2O6S/c1-2-3-11(12(15)16)13-21(19,20)8-9-4-6-10(7-5-9)14(17)18/h2,4-7,11,13H,1,3,8H2,(H,15,16). The van der Waals surface area contributed by atoms with E-state index < -0.39 is 32.7 Å². The lowest BCUT2D eigenvalue weighted by molar-refractivity contribution is -0.384. The highest BCUT2D eigenvalue weighted by molar-refractivity contribution is 7.88. The molecule has 0 saturated carbocycles. The van der Waals surface area contributed by atoms with Gasteiger partial charge in [0.1, 0.15) is 6.04 Å². The van der Waals surface area contributed by atoms with Crippen LogP contribution in [0.15, 0.2) is 36.9 Å². The smallest absolute Gasteiger partial charge is 0.322 e. The van der Waals surface area contributed by atoms with Crippen molar-refractivity contribution in [3.05, 3.63) is 52.6 Å². The number of carbonyl (C=O) groups is 1. The molecule has 9 heteroatoms. The van der Waals surface area contributed by atoms with Gasteiger partial charge in [-0.3, -0.25) is 14.9 Å². The van der Waals surface area contributed by atoms with Crippen LogP contribution in [0.2, 0.25) is 0 Å². The van der Waals surface area contributed by atoms with Crippen molar-refractivity contribution < 1.29 is 23.2 Å². The summed E-state index contributed by atoms with van der Waals surface area (Å²) in [5.41, 5.74) is 0.162. The summed E-state index contributed by atoms with van der Waals surface area (Å²) in [6.45, 7) is 3.36. The maximum Gasteiger partial charge on any atom is 0.322 e. The van der Waals surface area contributed by atoms with Gasteiger partial charge in [-0.25, -0.2) is 13.1 Å². The molecular formula is C12H14N2O6S. The second kappa shape index (κ2) is 6.95. The first-order valence-corrected chi connectivity index (χ1v) is 7.47. The second-order valence-corrected chi connectivity index (χ2v) is 5.97. The molecule has 0 aliphatic carbocycles. The van der Waals surface area contributed by atoms with Gasteiger partial charge in [0, 0.05) is 12.1 Å². The van der Waals surface area contributed by atoms with Crippen molar-refractivity contribution >= 4 is 21.7 Å². The van der Waals surface area contributed by atoms with Crippen molar-refractivity contribution in [1.82, 2.24) is 4.72 Å². The van der Waals surface area contributed by atoms with E-state index in [-0.39, 0.29) is 12.1 Å². The Balaban J connectivity index is 2.82. The Bertz CT molecular complexity index is 638. The van der Waals surface area contributed by atoms with E-state index in [2.05, 4.69) is 6.58 Å². The van der Waals surface area contributed by atoms with E-state index in [0.29, 0.717) is 5.56 Å². The molecule has 1 aromatic rings. The summed E-state index contributed by atoms with van der Waals surface area (Å²) in [5.74, 6) is -1.77. The number of non-ortho nitro benzene ring substituents is 1. The minimum absolute atomic E-state index is 0.0468. The molecular weight excluding hydrogens is 300 g/mol. The largest absolute Gasteiger partial charge is 0.480 e. The zero-order valence-corrected chi connectivity index (χ0v) is 11.7. The van der Waals surface area contributed by atoms with Crippen LogP contribution >= 0.6 is 0 Å². The van der Waals surface area contributed by atoms with Crippen molar-refractivity contribution in [1.29, 1.82) is 0 Å². The van der Waals surface area contributed by atoms with Crippen LogP contribution in [0.3, 0.4) is 0 Å². The van der Waals surface area contributed by atoms with Crippen LogP contribution in [-0.4, -0.2) is 30.5 Å². The van der Waals surface area contributed by atoms with Crippen molar-refractivity contribution in [3.8, 4) is 0 Å². The van der Waals surface area contributed by atoms with Gasteiger partial charge >= 0.3 is 5.97 Å². The van der Waals surface area contributed by atoms with Gasteiger partial charge in [-0.05, 0) is 12.0 Å². The van der Waals surface area contributed by atoms with Gasteiger partial charge in [0.25, 0.3) is 5.69 Å². The summed E-state index contributed by atoms with van der Waals surface area (Å²) >= 11 is 0. The average Bonchev–Trinajstić information content (AvgIpc) is 2.38. The molecule has 0 heterocycles. The maximum atomic E-state index is 11.9. The molecule has 21 heavy (non-hydrogen) atoms. The third-order valence-electron chi connectivity index (χ3n) is 2.53. The molecule has 2 N–H and O–H groups in total. The zero-order chi connectivity index (χ0) is 16.0. The van der Waals surface area contributed by atoms with Crippen molar-refractivity contribution in [3.63, 3.8) is 0 Å². The van der Waals surface area contributed by atoms with Crippen LogP contribution in [0.4, 0.5) is 5.69 Å². The van der Waals surface area contributed by atoms with Gasteiger partial charge in [-0.1, -0.05) is 18.2 Å². The Labute approximate surface area is 121 Å². The number of carboxylic acids is 1. The summed E-state index contributed by atoms with van der Waals surface area (Å²) < 4.78 is 25.8. The number of rotatable bonds is 8. The van der Waals surface area contributed by atoms with Gasteiger partial charge in [0.05, 0.1) is 10.7 Å². The third-order valence-corrected chi connectivity index (χ3v) is 3.88. The summed E-state index contributed by atoms with van der Waals surface area (Å²) in [5, 5.41) is 19.4. The van der Waals surface area contributed by atoms with Gasteiger partial charge in [-0.15, -0.1) is 6.58 Å². The van der Waals surface area contributed by atoms with Gasteiger partial charge in [-0.2, -0.15) is 0 Å². The van der Waals surface area contributed by atoms with E-state index in [1.165, 1.54) is 30.3 Å². The van der Waals surface area contributed by atoms with E-state index in [4.69, 9.17) is 5.11 Å². The van der Waals surface area contributed by atoms with Crippen molar-refractivity contribution in [2.24, 2.45) is 0 Å². The molecule has 1 aromatic carbocycles. The van der Waals surface area contributed by atoms with Crippen LogP contribution in [0.1, 0.15) is 12.0 Å². The van der Waals surface area contributed by atoms with E-state index >= 15 is 0 Å². The van der Waals surface area contributed by atoms with Crippen LogP contribution in [-0.2, 0) is 20.6 Å². The quantitative estimate of drug-likeness (QED) is 0.419. The molecule has 1 rings (SSSR count). The molecule has 0 spiro atoms. The molecule has 0 aliphatic heterocycles.